The van der Waals surface area contributed by atoms with Crippen LogP contribution in [0.4, 0.5) is 10.5 Å². The van der Waals surface area contributed by atoms with Crippen LogP contribution >= 0.6 is 23.2 Å². The van der Waals surface area contributed by atoms with Gasteiger partial charge in [0, 0.05) is 23.7 Å². The van der Waals surface area contributed by atoms with Crippen LogP contribution in [0.25, 0.3) is 0 Å². The number of nitrogens with one attached hydrogen (secondary N) is 3. The van der Waals surface area contributed by atoms with Crippen molar-refractivity contribution in [1.29, 1.82) is 0 Å². The zero-order valence-corrected chi connectivity index (χ0v) is 16.1. The van der Waals surface area contributed by atoms with Crippen LogP contribution < -0.4 is 20.7 Å². The Balaban J connectivity index is 1.95. The summed E-state index contributed by atoms with van der Waals surface area (Å²) in [5, 5.41) is 8.67. The van der Waals surface area contributed by atoms with E-state index in [4.69, 9.17) is 32.7 Å². The number of amides is 3. The Kier molecular flexibility index (Phi) is 8.19. The number of anilines is 1. The van der Waals surface area contributed by atoms with Gasteiger partial charge in [-0.1, -0.05) is 23.2 Å². The van der Waals surface area contributed by atoms with Crippen LogP contribution in [0.15, 0.2) is 42.5 Å². The SMILES string of the molecule is COCCNC(=O)NC(=O)CNc1cc(Cl)ccc1Oc1ccc(Cl)cc1. The molecule has 0 heterocycles. The standard InChI is InChI=1S/C18H19Cl2N3O4/c1-26-9-8-21-18(25)23-17(24)11-22-15-10-13(20)4-7-16(15)27-14-5-2-12(19)3-6-14/h2-7,10,22H,8-9,11H2,1H3,(H2,21,23,24,25). The summed E-state index contributed by atoms with van der Waals surface area (Å²) >= 11 is 11.9. The fourth-order valence-electron chi connectivity index (χ4n) is 2.02. The van der Waals surface area contributed by atoms with Gasteiger partial charge < -0.3 is 20.1 Å². The Morgan fingerprint density at radius 2 is 1.74 bits per heavy atom. The molecule has 3 N–H and O–H groups in total. The molecule has 0 atom stereocenters. The highest BCUT2D eigenvalue weighted by molar-refractivity contribution is 6.31. The van der Waals surface area contributed by atoms with E-state index >= 15 is 0 Å². The average Bonchev–Trinajstić information content (AvgIpc) is 2.64. The highest BCUT2D eigenvalue weighted by atomic mass is 35.5. The molecule has 27 heavy (non-hydrogen) atoms. The second kappa shape index (κ2) is 10.6. The Bertz CT molecular complexity index is 785. The molecule has 2 rings (SSSR count). The number of rotatable bonds is 8. The molecule has 0 spiro atoms. The molecule has 0 radical (unpaired) electrons. The summed E-state index contributed by atoms with van der Waals surface area (Å²) in [5.74, 6) is 0.535. The predicted molar refractivity (Wildman–Crippen MR) is 105 cm³/mol. The van der Waals surface area contributed by atoms with Crippen LogP contribution in [-0.2, 0) is 9.53 Å². The van der Waals surface area contributed by atoms with Crippen LogP contribution in [0.3, 0.4) is 0 Å². The number of benzene rings is 2. The van der Waals surface area contributed by atoms with Crippen LogP contribution in [0.2, 0.25) is 10.0 Å². The topological polar surface area (TPSA) is 88.7 Å². The maximum atomic E-state index is 11.9. The average molecular weight is 412 g/mol. The number of imide groups is 1. The highest BCUT2D eigenvalue weighted by Crippen LogP contribution is 2.32. The Hall–Kier alpha value is -2.48. The predicted octanol–water partition coefficient (Wildman–Crippen LogP) is 3.67. The van der Waals surface area contributed by atoms with E-state index in [1.807, 2.05) is 0 Å². The van der Waals surface area contributed by atoms with Gasteiger partial charge in [0.2, 0.25) is 5.91 Å². The largest absolute Gasteiger partial charge is 0.455 e. The van der Waals surface area contributed by atoms with E-state index in [9.17, 15) is 9.59 Å². The van der Waals surface area contributed by atoms with Crippen LogP contribution in [0.1, 0.15) is 0 Å². The third-order valence-electron chi connectivity index (χ3n) is 3.27. The Morgan fingerprint density at radius 3 is 2.44 bits per heavy atom. The van der Waals surface area contributed by atoms with E-state index in [1.165, 1.54) is 7.11 Å². The number of methoxy groups -OCH3 is 1. The molecule has 3 amide bonds. The molecule has 144 valence electrons. The van der Waals surface area contributed by atoms with Gasteiger partial charge >= 0.3 is 6.03 Å². The first-order valence-electron chi connectivity index (χ1n) is 8.01. The Labute approximate surface area is 166 Å². The first-order chi connectivity index (χ1) is 13.0. The molecule has 2 aromatic rings. The summed E-state index contributed by atoms with van der Waals surface area (Å²) in [6.45, 7) is 0.513. The van der Waals surface area contributed by atoms with Gasteiger partial charge in [0.15, 0.2) is 5.75 Å². The van der Waals surface area contributed by atoms with Gasteiger partial charge in [0.25, 0.3) is 0 Å². The van der Waals surface area contributed by atoms with Crippen molar-refractivity contribution in [3.05, 3.63) is 52.5 Å². The number of hydrogen-bond acceptors (Lipinski definition) is 5. The van der Waals surface area contributed by atoms with Crippen molar-refractivity contribution in [2.75, 3.05) is 32.1 Å². The molecule has 7 nitrogen and oxygen atoms in total. The van der Waals surface area contributed by atoms with Gasteiger partial charge in [-0.3, -0.25) is 10.1 Å². The van der Waals surface area contributed by atoms with Gasteiger partial charge in [-0.05, 0) is 42.5 Å². The Morgan fingerprint density at radius 1 is 1.04 bits per heavy atom. The quantitative estimate of drug-likeness (QED) is 0.576. The fraction of sp³-hybridized carbons (Fsp3) is 0.222. The molecule has 2 aromatic carbocycles. The van der Waals surface area contributed by atoms with E-state index in [2.05, 4.69) is 16.0 Å². The van der Waals surface area contributed by atoms with Crippen molar-refractivity contribution >= 4 is 40.8 Å². The number of ether oxygens (including phenoxy) is 2. The van der Waals surface area contributed by atoms with Crippen LogP contribution in [0, 0.1) is 0 Å². The minimum absolute atomic E-state index is 0.144. The molecule has 0 bridgehead atoms. The number of halogens is 2. The maximum Gasteiger partial charge on any atom is 0.321 e. The lowest BCUT2D eigenvalue weighted by Gasteiger charge is -2.13. The normalized spacial score (nSPS) is 10.2. The summed E-state index contributed by atoms with van der Waals surface area (Å²) in [5.41, 5.74) is 0.507. The number of hydrogen-bond donors (Lipinski definition) is 3. The van der Waals surface area contributed by atoms with E-state index in [0.717, 1.165) is 0 Å². The zero-order chi connectivity index (χ0) is 19.6. The van der Waals surface area contributed by atoms with Crippen molar-refractivity contribution in [2.45, 2.75) is 0 Å². The minimum Gasteiger partial charge on any atom is -0.455 e. The number of carbonyl (C=O) groups is 2. The van der Waals surface area contributed by atoms with Crippen molar-refractivity contribution in [3.8, 4) is 11.5 Å². The first-order valence-corrected chi connectivity index (χ1v) is 8.77. The third-order valence-corrected chi connectivity index (χ3v) is 3.75. The van der Waals surface area contributed by atoms with E-state index in [-0.39, 0.29) is 6.54 Å². The monoisotopic (exact) mass is 411 g/mol. The van der Waals surface area contributed by atoms with Crippen molar-refractivity contribution in [1.82, 2.24) is 10.6 Å². The zero-order valence-electron chi connectivity index (χ0n) is 14.6. The molecular formula is C18H19Cl2N3O4. The molecule has 0 fully saturated rings. The van der Waals surface area contributed by atoms with Gasteiger partial charge in [0.1, 0.15) is 5.75 Å². The summed E-state index contributed by atoms with van der Waals surface area (Å²) in [6.07, 6.45) is 0. The molecule has 0 aliphatic carbocycles. The smallest absolute Gasteiger partial charge is 0.321 e. The van der Waals surface area contributed by atoms with Crippen molar-refractivity contribution < 1.29 is 19.1 Å². The van der Waals surface area contributed by atoms with Gasteiger partial charge in [-0.15, -0.1) is 0 Å². The summed E-state index contributed by atoms with van der Waals surface area (Å²) < 4.78 is 10.6. The van der Waals surface area contributed by atoms with Crippen molar-refractivity contribution in [3.63, 3.8) is 0 Å². The third kappa shape index (κ3) is 7.34. The second-order valence-corrected chi connectivity index (χ2v) is 6.22. The van der Waals surface area contributed by atoms with E-state index in [0.29, 0.717) is 40.4 Å². The maximum absolute atomic E-state index is 11.9. The lowest BCUT2D eigenvalue weighted by Crippen LogP contribution is -2.42. The van der Waals surface area contributed by atoms with Crippen LogP contribution in [-0.4, -0.2) is 38.7 Å². The molecule has 0 aliphatic heterocycles. The lowest BCUT2D eigenvalue weighted by molar-refractivity contribution is -0.118. The van der Waals surface area contributed by atoms with E-state index in [1.54, 1.807) is 42.5 Å². The van der Waals surface area contributed by atoms with E-state index < -0.39 is 11.9 Å². The first kappa shape index (κ1) is 20.8. The molecule has 0 aromatic heterocycles. The fourth-order valence-corrected chi connectivity index (χ4v) is 2.31. The summed E-state index contributed by atoms with van der Waals surface area (Å²) in [7, 11) is 1.52. The summed E-state index contributed by atoms with van der Waals surface area (Å²) in [6, 6.07) is 11.2. The minimum atomic E-state index is -0.595. The molecule has 0 aliphatic rings. The summed E-state index contributed by atoms with van der Waals surface area (Å²) in [4.78, 5) is 23.4. The molecule has 0 saturated heterocycles. The molecular weight excluding hydrogens is 393 g/mol. The van der Waals surface area contributed by atoms with Crippen LogP contribution in [0.5, 0.6) is 11.5 Å². The van der Waals surface area contributed by atoms with Gasteiger partial charge in [0.05, 0.1) is 18.8 Å². The van der Waals surface area contributed by atoms with Crippen molar-refractivity contribution in [2.24, 2.45) is 0 Å². The second-order valence-electron chi connectivity index (χ2n) is 5.35. The van der Waals surface area contributed by atoms with Gasteiger partial charge in [-0.25, -0.2) is 4.79 Å². The highest BCUT2D eigenvalue weighted by Gasteiger charge is 2.10. The number of carbonyl (C=O) groups excluding carboxylic acids is 2. The molecule has 0 unspecified atom stereocenters. The van der Waals surface area contributed by atoms with Gasteiger partial charge in [-0.2, -0.15) is 0 Å². The number of urea groups is 1. The molecule has 0 saturated carbocycles. The lowest BCUT2D eigenvalue weighted by atomic mass is 10.2. The molecule has 9 heteroatoms.